The van der Waals surface area contributed by atoms with Gasteiger partial charge in [0.05, 0.1) is 17.7 Å². The molecule has 2 aliphatic heterocycles. The number of thioether (sulfide) groups is 1. The third-order valence-electron chi connectivity index (χ3n) is 3.36. The molecule has 0 unspecified atom stereocenters. The van der Waals surface area contributed by atoms with Gasteiger partial charge in [-0.3, -0.25) is 9.69 Å². The number of esters is 1. The van der Waals surface area contributed by atoms with Gasteiger partial charge in [-0.2, -0.15) is 0 Å². The zero-order valence-electron chi connectivity index (χ0n) is 11.4. The van der Waals surface area contributed by atoms with Gasteiger partial charge in [0.2, 0.25) is 0 Å². The predicted molar refractivity (Wildman–Crippen MR) is 74.3 cm³/mol. The Morgan fingerprint density at radius 2 is 2.11 bits per heavy atom. The first-order valence-corrected chi connectivity index (χ1v) is 7.58. The Balaban J connectivity index is 2.05. The number of rotatable bonds is 3. The number of nitrogens with zero attached hydrogens (tertiary/aromatic N) is 2. The molecule has 0 bridgehead atoms. The smallest absolute Gasteiger partial charge is 0.333 e. The molecule has 2 aliphatic rings. The van der Waals surface area contributed by atoms with Crippen LogP contribution in [0, 0.1) is 0 Å². The molecular weight excluding hydrogens is 264 g/mol. The summed E-state index contributed by atoms with van der Waals surface area (Å²) in [5, 5.41) is 0.505. The molecule has 0 saturated carbocycles. The first-order chi connectivity index (χ1) is 9.13. The monoisotopic (exact) mass is 284 g/mol. The number of amides is 1. The maximum atomic E-state index is 12.2. The maximum absolute atomic E-state index is 12.2. The number of piperidine rings is 1. The van der Waals surface area contributed by atoms with Crippen LogP contribution in [0.3, 0.4) is 0 Å². The van der Waals surface area contributed by atoms with Gasteiger partial charge in [0.1, 0.15) is 5.37 Å². The van der Waals surface area contributed by atoms with Gasteiger partial charge in [0, 0.05) is 7.05 Å². The predicted octanol–water partition coefficient (Wildman–Crippen LogP) is 1.41. The van der Waals surface area contributed by atoms with Crippen LogP contribution in [0.2, 0.25) is 0 Å². The van der Waals surface area contributed by atoms with Crippen LogP contribution in [0.1, 0.15) is 26.2 Å². The van der Waals surface area contributed by atoms with Crippen molar-refractivity contribution in [2.75, 3.05) is 26.7 Å². The summed E-state index contributed by atoms with van der Waals surface area (Å²) in [5.41, 5.74) is 0. The Bertz CT molecular complexity index is 391. The third kappa shape index (κ3) is 3.30. The highest BCUT2D eigenvalue weighted by molar-refractivity contribution is 8.04. The second-order valence-corrected chi connectivity index (χ2v) is 5.80. The lowest BCUT2D eigenvalue weighted by atomic mass is 10.1. The van der Waals surface area contributed by atoms with Gasteiger partial charge in [-0.1, -0.05) is 18.2 Å². The van der Waals surface area contributed by atoms with E-state index < -0.39 is 0 Å². The molecule has 0 spiro atoms. The number of carbonyl (C=O) groups excluding carboxylic acids is 2. The van der Waals surface area contributed by atoms with Crippen LogP contribution in [0.15, 0.2) is 11.1 Å². The molecule has 0 aliphatic carbocycles. The van der Waals surface area contributed by atoms with E-state index in [1.165, 1.54) is 24.3 Å². The molecule has 0 aromatic carbocycles. The number of ether oxygens (including phenoxy) is 1. The van der Waals surface area contributed by atoms with Gasteiger partial charge < -0.3 is 9.64 Å². The summed E-state index contributed by atoms with van der Waals surface area (Å²) in [6, 6.07) is 0. The highest BCUT2D eigenvalue weighted by Gasteiger charge is 2.39. The fourth-order valence-electron chi connectivity index (χ4n) is 2.32. The molecule has 19 heavy (non-hydrogen) atoms. The van der Waals surface area contributed by atoms with E-state index in [1.807, 2.05) is 0 Å². The van der Waals surface area contributed by atoms with Crippen LogP contribution < -0.4 is 0 Å². The standard InChI is InChI=1S/C13H20N2O3S/c1-3-18-11(16)9-10-14(2)12(17)13(19-10)15-7-5-4-6-8-15/h9,13H,3-8H2,1-2H3/b10-9+/t13-/m1/s1. The Kier molecular flexibility index (Phi) is 4.87. The van der Waals surface area contributed by atoms with Crippen molar-refractivity contribution in [3.8, 4) is 0 Å². The summed E-state index contributed by atoms with van der Waals surface area (Å²) in [6.45, 7) is 4.04. The highest BCUT2D eigenvalue weighted by atomic mass is 32.2. The van der Waals surface area contributed by atoms with E-state index in [0.717, 1.165) is 25.9 Å². The molecule has 1 amide bonds. The molecule has 0 aromatic rings. The fraction of sp³-hybridized carbons (Fsp3) is 0.692. The van der Waals surface area contributed by atoms with Crippen molar-refractivity contribution in [1.29, 1.82) is 0 Å². The zero-order valence-corrected chi connectivity index (χ0v) is 12.2. The molecule has 2 rings (SSSR count). The topological polar surface area (TPSA) is 49.9 Å². The summed E-state index contributed by atoms with van der Waals surface area (Å²) < 4.78 is 4.89. The van der Waals surface area contributed by atoms with Gasteiger partial charge in [0.25, 0.3) is 5.91 Å². The normalized spacial score (nSPS) is 27.1. The Morgan fingerprint density at radius 1 is 1.42 bits per heavy atom. The Labute approximate surface area is 117 Å². The van der Waals surface area contributed by atoms with E-state index >= 15 is 0 Å². The molecule has 0 aromatic heterocycles. The van der Waals surface area contributed by atoms with Gasteiger partial charge in [0.15, 0.2) is 0 Å². The lowest BCUT2D eigenvalue weighted by Gasteiger charge is -2.29. The number of likely N-dealkylation sites (N-methyl/N-ethyl adjacent to an activating group) is 1. The lowest BCUT2D eigenvalue weighted by molar-refractivity contribution is -0.137. The van der Waals surface area contributed by atoms with Crippen LogP contribution in [-0.2, 0) is 14.3 Å². The number of carbonyl (C=O) groups is 2. The van der Waals surface area contributed by atoms with E-state index in [-0.39, 0.29) is 17.3 Å². The van der Waals surface area contributed by atoms with Crippen LogP contribution in [0.4, 0.5) is 0 Å². The summed E-state index contributed by atoms with van der Waals surface area (Å²) in [4.78, 5) is 27.5. The van der Waals surface area contributed by atoms with Gasteiger partial charge in [-0.15, -0.1) is 0 Å². The Hall–Kier alpha value is -1.01. The summed E-state index contributed by atoms with van der Waals surface area (Å²) in [5.74, 6) is -0.327. The van der Waals surface area contributed by atoms with Crippen LogP contribution >= 0.6 is 11.8 Å². The largest absolute Gasteiger partial charge is 0.463 e. The fourth-order valence-corrected chi connectivity index (χ4v) is 3.58. The van der Waals surface area contributed by atoms with Gasteiger partial charge in [-0.25, -0.2) is 4.79 Å². The van der Waals surface area contributed by atoms with Crippen molar-refractivity contribution in [2.24, 2.45) is 0 Å². The molecule has 2 fully saturated rings. The number of likely N-dealkylation sites (tertiary alicyclic amines) is 1. The van der Waals surface area contributed by atoms with E-state index in [1.54, 1.807) is 18.9 Å². The third-order valence-corrected chi connectivity index (χ3v) is 4.71. The first kappa shape index (κ1) is 14.4. The van der Waals surface area contributed by atoms with E-state index in [0.29, 0.717) is 11.6 Å². The molecule has 0 radical (unpaired) electrons. The van der Waals surface area contributed by atoms with Gasteiger partial charge in [-0.05, 0) is 32.9 Å². The van der Waals surface area contributed by atoms with E-state index in [9.17, 15) is 9.59 Å². The van der Waals surface area contributed by atoms with E-state index in [4.69, 9.17) is 4.74 Å². The van der Waals surface area contributed by atoms with Crippen LogP contribution in [0.25, 0.3) is 0 Å². The minimum atomic E-state index is -0.385. The minimum Gasteiger partial charge on any atom is -0.463 e. The minimum absolute atomic E-state index is 0.0578. The maximum Gasteiger partial charge on any atom is 0.333 e. The van der Waals surface area contributed by atoms with Crippen molar-refractivity contribution in [3.63, 3.8) is 0 Å². The van der Waals surface area contributed by atoms with Crippen molar-refractivity contribution < 1.29 is 14.3 Å². The lowest BCUT2D eigenvalue weighted by Crippen LogP contribution is -2.42. The average Bonchev–Trinajstić information content (AvgIpc) is 2.68. The SMILES string of the molecule is CCOC(=O)/C=C1/S[C@@H](N2CCCCC2)C(=O)N1C. The molecule has 0 N–H and O–H groups in total. The summed E-state index contributed by atoms with van der Waals surface area (Å²) in [7, 11) is 1.71. The number of hydrogen-bond donors (Lipinski definition) is 0. The average molecular weight is 284 g/mol. The Morgan fingerprint density at radius 3 is 2.74 bits per heavy atom. The molecule has 1 atom stereocenters. The first-order valence-electron chi connectivity index (χ1n) is 6.70. The molecule has 106 valence electrons. The van der Waals surface area contributed by atoms with Crippen molar-refractivity contribution >= 4 is 23.6 Å². The second kappa shape index (κ2) is 6.43. The van der Waals surface area contributed by atoms with Crippen molar-refractivity contribution in [3.05, 3.63) is 11.1 Å². The van der Waals surface area contributed by atoms with Gasteiger partial charge >= 0.3 is 5.97 Å². The second-order valence-electron chi connectivity index (χ2n) is 4.70. The van der Waals surface area contributed by atoms with Crippen molar-refractivity contribution in [2.45, 2.75) is 31.6 Å². The van der Waals surface area contributed by atoms with Crippen molar-refractivity contribution in [1.82, 2.24) is 9.80 Å². The number of hydrogen-bond acceptors (Lipinski definition) is 5. The zero-order chi connectivity index (χ0) is 13.8. The highest BCUT2D eigenvalue weighted by Crippen LogP contribution is 2.36. The summed E-state index contributed by atoms with van der Waals surface area (Å²) >= 11 is 1.45. The molecule has 5 nitrogen and oxygen atoms in total. The summed E-state index contributed by atoms with van der Waals surface area (Å²) in [6.07, 6.45) is 4.94. The van der Waals surface area contributed by atoms with Crippen LogP contribution in [-0.4, -0.2) is 53.8 Å². The van der Waals surface area contributed by atoms with Crippen LogP contribution in [0.5, 0.6) is 0 Å². The molecular formula is C13H20N2O3S. The molecule has 2 heterocycles. The molecule has 6 heteroatoms. The molecule has 2 saturated heterocycles. The van der Waals surface area contributed by atoms with E-state index in [2.05, 4.69) is 4.90 Å². The quantitative estimate of drug-likeness (QED) is 0.579.